The maximum absolute atomic E-state index is 6.13. The lowest BCUT2D eigenvalue weighted by Crippen LogP contribution is -2.07. The first-order chi connectivity index (χ1) is 11.3. The molecule has 0 unspecified atom stereocenters. The number of allylic oxidation sites excluding steroid dienone is 1. The third kappa shape index (κ3) is 3.53. The molecule has 1 nitrogen and oxygen atoms in total. The highest BCUT2D eigenvalue weighted by atomic mass is 32.2. The zero-order valence-electron chi connectivity index (χ0n) is 14.1. The molecular formula is C21H25OS+. The number of carbonyl (C=O) groups excluding carboxylic acids is 1. The maximum atomic E-state index is 6.13. The Morgan fingerprint density at radius 3 is 2.65 bits per heavy atom. The van der Waals surface area contributed by atoms with E-state index in [4.69, 9.17) is 4.42 Å². The number of hydrogen-bond acceptors (Lipinski definition) is 1. The molecule has 0 saturated carbocycles. The Bertz CT molecular complexity index is 743. The lowest BCUT2D eigenvalue weighted by Gasteiger charge is -2.14. The Hall–Kier alpha value is -1.54. The molecule has 3 rings (SSSR count). The topological polar surface area (TPSA) is 11.3 Å². The Balaban J connectivity index is 2.07. The van der Waals surface area contributed by atoms with Crippen LogP contribution in [0.3, 0.4) is 0 Å². The van der Waals surface area contributed by atoms with Crippen molar-refractivity contribution in [3.8, 4) is 0 Å². The summed E-state index contributed by atoms with van der Waals surface area (Å²) in [6.07, 6.45) is 9.10. The van der Waals surface area contributed by atoms with E-state index in [1.54, 1.807) is 0 Å². The zero-order valence-corrected chi connectivity index (χ0v) is 14.9. The molecule has 1 aliphatic carbocycles. The molecule has 0 aliphatic heterocycles. The number of ketones is 1. The largest absolute Gasteiger partial charge is 0.352 e. The van der Waals surface area contributed by atoms with Gasteiger partial charge in [-0.15, -0.1) is 11.8 Å². The van der Waals surface area contributed by atoms with Crippen molar-refractivity contribution in [1.29, 1.82) is 0 Å². The third-order valence-electron chi connectivity index (χ3n) is 4.21. The molecule has 2 heteroatoms. The molecule has 0 amide bonds. The molecule has 2 aromatic carbocycles. The predicted molar refractivity (Wildman–Crippen MR) is 103 cm³/mol. The fourth-order valence-electron chi connectivity index (χ4n) is 2.91. The minimum atomic E-state index is 0.799. The lowest BCUT2D eigenvalue weighted by atomic mass is 9.92. The molecule has 0 saturated heterocycles. The maximum Gasteiger partial charge on any atom is 0.352 e. The summed E-state index contributed by atoms with van der Waals surface area (Å²) in [5, 5.41) is 2.65. The highest BCUT2D eigenvalue weighted by Crippen LogP contribution is 2.36. The summed E-state index contributed by atoms with van der Waals surface area (Å²) in [6, 6.07) is 11.1. The zero-order chi connectivity index (χ0) is 16.1. The molecular weight excluding hydrogens is 300 g/mol. The summed E-state index contributed by atoms with van der Waals surface area (Å²) in [5.74, 6) is 2.21. The van der Waals surface area contributed by atoms with Crippen molar-refractivity contribution in [3.05, 3.63) is 47.5 Å². The highest BCUT2D eigenvalue weighted by Gasteiger charge is 2.25. The van der Waals surface area contributed by atoms with Crippen molar-refractivity contribution in [3.63, 3.8) is 0 Å². The van der Waals surface area contributed by atoms with Crippen LogP contribution in [0, 0.1) is 0 Å². The average Bonchev–Trinajstić information content (AvgIpc) is 2.58. The van der Waals surface area contributed by atoms with Gasteiger partial charge in [-0.3, -0.25) is 4.42 Å². The molecule has 0 bridgehead atoms. The lowest BCUT2D eigenvalue weighted by molar-refractivity contribution is -0.269. The van der Waals surface area contributed by atoms with Crippen molar-refractivity contribution in [2.45, 2.75) is 44.4 Å². The minimum absolute atomic E-state index is 0.799. The van der Waals surface area contributed by atoms with Crippen molar-refractivity contribution in [2.24, 2.45) is 0 Å². The fourth-order valence-corrected chi connectivity index (χ4v) is 4.08. The molecule has 0 heterocycles. The van der Waals surface area contributed by atoms with Gasteiger partial charge in [-0.2, -0.15) is 0 Å². The van der Waals surface area contributed by atoms with E-state index < -0.39 is 0 Å². The Morgan fingerprint density at radius 1 is 0.957 bits per heavy atom. The van der Waals surface area contributed by atoms with Crippen LogP contribution in [0.15, 0.2) is 41.3 Å². The van der Waals surface area contributed by atoms with Gasteiger partial charge >= 0.3 is 5.78 Å². The normalized spacial score (nSPS) is 14.8. The van der Waals surface area contributed by atoms with Gasteiger partial charge < -0.3 is 0 Å². The highest BCUT2D eigenvalue weighted by molar-refractivity contribution is 7.99. The first-order valence-corrected chi connectivity index (χ1v) is 9.70. The molecule has 120 valence electrons. The summed E-state index contributed by atoms with van der Waals surface area (Å²) in [4.78, 5) is 1.36. The van der Waals surface area contributed by atoms with Crippen molar-refractivity contribution in [2.75, 3.05) is 12.4 Å². The predicted octanol–water partition coefficient (Wildman–Crippen LogP) is 6.28. The third-order valence-corrected chi connectivity index (χ3v) is 5.36. The number of thioether (sulfide) groups is 1. The molecule has 0 N–H and O–H groups in total. The molecule has 1 aliphatic rings. The van der Waals surface area contributed by atoms with E-state index in [0.29, 0.717) is 0 Å². The van der Waals surface area contributed by atoms with E-state index in [9.17, 15) is 0 Å². The number of hydrogen-bond donors (Lipinski definition) is 0. The minimum Gasteiger partial charge on any atom is -0.254 e. The van der Waals surface area contributed by atoms with E-state index >= 15 is 0 Å². The van der Waals surface area contributed by atoms with Crippen LogP contribution in [0.4, 0.5) is 0 Å². The van der Waals surface area contributed by atoms with Gasteiger partial charge in [0.2, 0.25) is 0 Å². The summed E-state index contributed by atoms with van der Waals surface area (Å²) >= 11 is 1.96. The molecule has 0 fully saturated rings. The van der Waals surface area contributed by atoms with Crippen molar-refractivity contribution < 1.29 is 4.42 Å². The summed E-state index contributed by atoms with van der Waals surface area (Å²) in [5.41, 5.74) is 2.61. The van der Waals surface area contributed by atoms with Crippen molar-refractivity contribution >= 4 is 34.4 Å². The van der Waals surface area contributed by atoms with E-state index in [0.717, 1.165) is 25.2 Å². The van der Waals surface area contributed by atoms with E-state index in [-0.39, 0.29) is 0 Å². The number of benzene rings is 2. The van der Waals surface area contributed by atoms with Crippen LogP contribution in [0.2, 0.25) is 0 Å². The number of rotatable bonds is 7. The molecule has 0 radical (unpaired) electrons. The van der Waals surface area contributed by atoms with Gasteiger partial charge in [0.25, 0.3) is 6.61 Å². The molecule has 23 heavy (non-hydrogen) atoms. The second-order valence-corrected chi connectivity index (χ2v) is 7.12. The molecule has 0 aromatic heterocycles. The number of unbranched alkanes of at least 4 members (excludes halogenated alkanes) is 2. The monoisotopic (exact) mass is 325 g/mol. The first-order valence-electron chi connectivity index (χ1n) is 8.72. The first kappa shape index (κ1) is 16.3. The van der Waals surface area contributed by atoms with E-state index in [1.165, 1.54) is 45.4 Å². The molecule has 0 atom stereocenters. The Kier molecular flexibility index (Phi) is 5.56. The van der Waals surface area contributed by atoms with Crippen LogP contribution >= 0.6 is 11.8 Å². The second-order valence-electron chi connectivity index (χ2n) is 5.99. The van der Waals surface area contributed by atoms with Gasteiger partial charge in [-0.1, -0.05) is 44.5 Å². The van der Waals surface area contributed by atoms with Gasteiger partial charge in [-0.05, 0) is 41.7 Å². The SMILES string of the molecule is CCCC[O+]=C1C=Cc2cccc3ccc(SCCCC)c1c23. The van der Waals surface area contributed by atoms with Crippen LogP contribution in [-0.4, -0.2) is 18.1 Å². The second kappa shape index (κ2) is 7.83. The van der Waals surface area contributed by atoms with Crippen LogP contribution in [0.5, 0.6) is 0 Å². The molecule has 2 aromatic rings. The van der Waals surface area contributed by atoms with E-state index in [1.807, 2.05) is 11.8 Å². The van der Waals surface area contributed by atoms with Crippen LogP contribution in [0.1, 0.15) is 55.1 Å². The Morgan fingerprint density at radius 2 is 1.83 bits per heavy atom. The standard InChI is InChI=1S/C21H25OS/c1-3-5-14-22-18-12-10-16-8-7-9-17-11-13-19(21(18)20(16)17)23-15-6-4-2/h7-13H,3-6,14-15H2,1-2H3/q+1. The van der Waals surface area contributed by atoms with Gasteiger partial charge in [-0.25, -0.2) is 0 Å². The molecule has 0 spiro atoms. The summed E-state index contributed by atoms with van der Waals surface area (Å²) < 4.78 is 6.13. The van der Waals surface area contributed by atoms with Gasteiger partial charge in [0.1, 0.15) is 5.56 Å². The fraction of sp³-hybridized carbons (Fsp3) is 0.381. The Labute approximate surface area is 143 Å². The van der Waals surface area contributed by atoms with Crippen molar-refractivity contribution in [1.82, 2.24) is 0 Å². The van der Waals surface area contributed by atoms with Crippen LogP contribution in [-0.2, 0) is 0 Å². The smallest absolute Gasteiger partial charge is 0.254 e. The van der Waals surface area contributed by atoms with Gasteiger partial charge in [0.05, 0.1) is 0 Å². The summed E-state index contributed by atoms with van der Waals surface area (Å²) in [7, 11) is 0. The van der Waals surface area contributed by atoms with Gasteiger partial charge in [0, 0.05) is 22.8 Å². The van der Waals surface area contributed by atoms with Crippen LogP contribution < -0.4 is 0 Å². The van der Waals surface area contributed by atoms with Crippen LogP contribution in [0.25, 0.3) is 16.8 Å². The summed E-state index contributed by atoms with van der Waals surface area (Å²) in [6.45, 7) is 5.25. The quantitative estimate of drug-likeness (QED) is 0.331. The van der Waals surface area contributed by atoms with Gasteiger partial charge in [0.15, 0.2) is 0 Å². The average molecular weight is 325 g/mol. The van der Waals surface area contributed by atoms with E-state index in [2.05, 4.69) is 56.3 Å².